The lowest BCUT2D eigenvalue weighted by Crippen LogP contribution is -2.00. The molecule has 0 aliphatic heterocycles. The van der Waals surface area contributed by atoms with Gasteiger partial charge in [-0.2, -0.15) is 0 Å². The van der Waals surface area contributed by atoms with Crippen molar-refractivity contribution in [3.63, 3.8) is 0 Å². The summed E-state index contributed by atoms with van der Waals surface area (Å²) >= 11 is 1.76. The second-order valence-electron chi connectivity index (χ2n) is 13.3. The SMILES string of the molecule is [2H]c1c([2H])c([2H])c(-c2cccc(-c3cccc(-c4ccc(-c5ccc6sc7cccc(-c8nc(-c9ccccc9)nc(-c9ccccc9)n8)c7c6c5)cc4)c3)c2)c([2H])c1[2H]. The summed E-state index contributed by atoms with van der Waals surface area (Å²) < 4.78 is 43.6. The molecule has 0 unspecified atom stereocenters. The molecule has 258 valence electrons. The summed E-state index contributed by atoms with van der Waals surface area (Å²) in [5.74, 6) is 1.89. The average molecular weight is 725 g/mol. The van der Waals surface area contributed by atoms with E-state index >= 15 is 0 Å². The Kier molecular flexibility index (Phi) is 7.06. The Morgan fingerprint density at radius 1 is 0.345 bits per heavy atom. The maximum atomic E-state index is 8.48. The molecule has 0 radical (unpaired) electrons. The molecule has 0 N–H and O–H groups in total. The monoisotopic (exact) mass is 724 g/mol. The molecule has 0 amide bonds. The highest BCUT2D eigenvalue weighted by molar-refractivity contribution is 7.26. The fourth-order valence-electron chi connectivity index (χ4n) is 7.10. The lowest BCUT2D eigenvalue weighted by molar-refractivity contribution is 1.08. The van der Waals surface area contributed by atoms with Crippen molar-refractivity contribution in [1.82, 2.24) is 15.0 Å². The van der Waals surface area contributed by atoms with Crippen molar-refractivity contribution in [2.24, 2.45) is 0 Å². The smallest absolute Gasteiger partial charge is 0.164 e. The van der Waals surface area contributed by atoms with E-state index in [9.17, 15) is 0 Å². The second-order valence-corrected chi connectivity index (χ2v) is 14.4. The van der Waals surface area contributed by atoms with Crippen LogP contribution in [0.3, 0.4) is 0 Å². The number of hydrogen-bond acceptors (Lipinski definition) is 4. The third-order valence-corrected chi connectivity index (χ3v) is 11.0. The predicted octanol–water partition coefficient (Wildman–Crippen LogP) is 13.9. The van der Waals surface area contributed by atoms with E-state index in [0.29, 0.717) is 23.0 Å². The Bertz CT molecular complexity index is 3170. The van der Waals surface area contributed by atoms with Crippen molar-refractivity contribution in [2.45, 2.75) is 0 Å². The number of hydrogen-bond donors (Lipinski definition) is 0. The van der Waals surface area contributed by atoms with Crippen molar-refractivity contribution in [1.29, 1.82) is 0 Å². The molecule has 0 spiro atoms. The second kappa shape index (κ2) is 14.1. The summed E-state index contributed by atoms with van der Waals surface area (Å²) in [5, 5.41) is 2.27. The van der Waals surface area contributed by atoms with Gasteiger partial charge in [0.1, 0.15) is 0 Å². The lowest BCUT2D eigenvalue weighted by Gasteiger charge is -2.10. The number of nitrogens with zero attached hydrogens (tertiary/aromatic N) is 3. The van der Waals surface area contributed by atoms with Gasteiger partial charge in [-0.3, -0.25) is 0 Å². The van der Waals surface area contributed by atoms with Crippen LogP contribution in [-0.2, 0) is 0 Å². The third-order valence-electron chi connectivity index (χ3n) is 9.83. The van der Waals surface area contributed by atoms with Crippen molar-refractivity contribution in [3.05, 3.63) is 200 Å². The molecule has 0 aliphatic carbocycles. The van der Waals surface area contributed by atoms with Crippen LogP contribution in [0.25, 0.3) is 98.8 Å². The highest BCUT2D eigenvalue weighted by Crippen LogP contribution is 2.41. The molecule has 0 fully saturated rings. The number of fused-ring (bicyclic) bond motifs is 3. The standard InChI is InChI=1S/C51H33N3S/c1-4-13-34(14-5-1)39-19-10-21-41(31-39)42-22-11-20-40(32-42)35-25-27-36(28-26-35)43-29-30-46-45(33-43)48-44(23-12-24-47(48)55-46)51-53-49(37-15-6-2-7-16-37)52-50(54-51)38-17-8-3-9-18-38/h1-33H/i1D,4D,5D,13D,14D. The maximum absolute atomic E-state index is 8.48. The van der Waals surface area contributed by atoms with E-state index in [2.05, 4.69) is 72.8 Å². The van der Waals surface area contributed by atoms with Crippen LogP contribution in [0, 0.1) is 0 Å². The topological polar surface area (TPSA) is 38.7 Å². The van der Waals surface area contributed by atoms with E-state index in [-0.39, 0.29) is 29.7 Å². The number of benzene rings is 8. The summed E-state index contributed by atoms with van der Waals surface area (Å²) in [4.78, 5) is 15.0. The van der Waals surface area contributed by atoms with Crippen molar-refractivity contribution in [3.8, 4) is 78.7 Å². The Balaban J connectivity index is 0.999. The number of thiophene rings is 1. The zero-order valence-corrected chi connectivity index (χ0v) is 30.2. The fraction of sp³-hybridized carbons (Fsp3) is 0. The first kappa shape index (κ1) is 27.6. The van der Waals surface area contributed by atoms with Crippen LogP contribution in [0.1, 0.15) is 6.85 Å². The molecule has 0 saturated carbocycles. The van der Waals surface area contributed by atoms with Crippen LogP contribution in [0.4, 0.5) is 0 Å². The Morgan fingerprint density at radius 2 is 0.818 bits per heavy atom. The van der Waals surface area contributed by atoms with Gasteiger partial charge in [0.2, 0.25) is 0 Å². The molecule has 0 atom stereocenters. The van der Waals surface area contributed by atoms with Crippen LogP contribution in [0.5, 0.6) is 0 Å². The van der Waals surface area contributed by atoms with Gasteiger partial charge in [0.25, 0.3) is 0 Å². The zero-order chi connectivity index (χ0) is 40.9. The minimum Gasteiger partial charge on any atom is -0.208 e. The van der Waals surface area contributed by atoms with Gasteiger partial charge in [0.05, 0.1) is 6.85 Å². The molecule has 0 saturated heterocycles. The first-order valence-electron chi connectivity index (χ1n) is 20.5. The van der Waals surface area contributed by atoms with Crippen molar-refractivity contribution < 1.29 is 6.85 Å². The van der Waals surface area contributed by atoms with Crippen LogP contribution < -0.4 is 0 Å². The Labute approximate surface area is 331 Å². The minimum atomic E-state index is -0.398. The predicted molar refractivity (Wildman–Crippen MR) is 231 cm³/mol. The van der Waals surface area contributed by atoms with Gasteiger partial charge in [0, 0.05) is 36.9 Å². The summed E-state index contributed by atoms with van der Waals surface area (Å²) in [6, 6.07) is 55.9. The average Bonchev–Trinajstić information content (AvgIpc) is 3.69. The molecule has 0 aliphatic rings. The molecule has 8 aromatic carbocycles. The van der Waals surface area contributed by atoms with E-state index in [4.69, 9.17) is 21.8 Å². The zero-order valence-electron chi connectivity index (χ0n) is 34.4. The number of rotatable bonds is 7. The first-order chi connectivity index (χ1) is 29.3. The van der Waals surface area contributed by atoms with Crippen LogP contribution in [-0.4, -0.2) is 15.0 Å². The van der Waals surface area contributed by atoms with Crippen molar-refractivity contribution >= 4 is 31.5 Å². The van der Waals surface area contributed by atoms with E-state index < -0.39 is 6.04 Å². The quantitative estimate of drug-likeness (QED) is 0.164. The van der Waals surface area contributed by atoms with Crippen LogP contribution in [0.2, 0.25) is 0 Å². The summed E-state index contributed by atoms with van der Waals surface area (Å²) in [6.45, 7) is 0. The fourth-order valence-corrected chi connectivity index (χ4v) is 8.22. The van der Waals surface area contributed by atoms with Gasteiger partial charge >= 0.3 is 0 Å². The molecule has 4 heteroatoms. The molecule has 10 rings (SSSR count). The maximum Gasteiger partial charge on any atom is 0.164 e. The molecular weight excluding hydrogens is 687 g/mol. The lowest BCUT2D eigenvalue weighted by atomic mass is 9.95. The molecule has 2 heterocycles. The molecular formula is C51H33N3S. The Hall–Kier alpha value is -7.01. The van der Waals surface area contributed by atoms with Crippen molar-refractivity contribution in [2.75, 3.05) is 0 Å². The van der Waals surface area contributed by atoms with Crippen LogP contribution >= 0.6 is 11.3 Å². The Morgan fingerprint density at radius 3 is 1.42 bits per heavy atom. The third kappa shape index (κ3) is 6.39. The summed E-state index contributed by atoms with van der Waals surface area (Å²) in [7, 11) is 0. The van der Waals surface area contributed by atoms with Gasteiger partial charge in [-0.1, -0.05) is 170 Å². The first-order valence-corrected chi connectivity index (χ1v) is 18.8. The molecule has 3 nitrogen and oxygen atoms in total. The van der Waals surface area contributed by atoms with Gasteiger partial charge in [-0.25, -0.2) is 15.0 Å². The van der Waals surface area contributed by atoms with E-state index in [1.807, 2.05) is 91.0 Å². The summed E-state index contributed by atoms with van der Waals surface area (Å²) in [5.41, 5.74) is 9.73. The molecule has 0 bridgehead atoms. The molecule has 10 aromatic rings. The molecule has 55 heavy (non-hydrogen) atoms. The van der Waals surface area contributed by atoms with E-state index in [1.54, 1.807) is 17.4 Å². The molecule has 2 aromatic heterocycles. The highest BCUT2D eigenvalue weighted by atomic mass is 32.1. The van der Waals surface area contributed by atoms with Gasteiger partial charge in [0.15, 0.2) is 17.5 Å². The number of aromatic nitrogens is 3. The largest absolute Gasteiger partial charge is 0.208 e. The van der Waals surface area contributed by atoms with Gasteiger partial charge in [-0.15, -0.1) is 11.3 Å². The van der Waals surface area contributed by atoms with Gasteiger partial charge < -0.3 is 0 Å². The summed E-state index contributed by atoms with van der Waals surface area (Å²) in [6.07, 6.45) is 0. The van der Waals surface area contributed by atoms with Crippen LogP contribution in [0.15, 0.2) is 200 Å². The van der Waals surface area contributed by atoms with E-state index in [0.717, 1.165) is 65.5 Å². The van der Waals surface area contributed by atoms with Gasteiger partial charge in [-0.05, 0) is 74.8 Å². The van der Waals surface area contributed by atoms with E-state index in [1.165, 1.54) is 4.70 Å². The minimum absolute atomic E-state index is 0.194. The normalized spacial score (nSPS) is 12.5. The highest BCUT2D eigenvalue weighted by Gasteiger charge is 2.17.